The molecule has 2 aromatic carbocycles. The second-order valence-corrected chi connectivity index (χ2v) is 10.8. The molecule has 0 saturated carbocycles. The molecule has 2 aromatic rings. The Balaban J connectivity index is 2.42. The average Bonchev–Trinajstić information content (AvgIpc) is 2.76. The molecule has 0 radical (unpaired) electrons. The van der Waals surface area contributed by atoms with E-state index in [0.717, 1.165) is 34.5 Å². The standard InChI is InChI=1S/C25H34ClN3O4S/c1-6-7-15-27-25(31)20(4)28(16-21-13-8-9-14-22(21)26)23(30)17-29(34(5,32)33)24-18(2)11-10-12-19(24)3/h8-14,20H,6-7,15-17H2,1-5H3,(H,27,31)/t20-/m0/s1. The van der Waals surface area contributed by atoms with Gasteiger partial charge in [-0.05, 0) is 49.9 Å². The van der Waals surface area contributed by atoms with E-state index in [9.17, 15) is 18.0 Å². The van der Waals surface area contributed by atoms with Gasteiger partial charge in [-0.15, -0.1) is 0 Å². The number of unbranched alkanes of at least 4 members (excludes halogenated alkanes) is 1. The second kappa shape index (κ2) is 12.2. The third-order valence-corrected chi connectivity index (χ3v) is 7.14. The van der Waals surface area contributed by atoms with Gasteiger partial charge in [-0.3, -0.25) is 13.9 Å². The van der Waals surface area contributed by atoms with Crippen molar-refractivity contribution in [2.75, 3.05) is 23.7 Å². The summed E-state index contributed by atoms with van der Waals surface area (Å²) in [5, 5.41) is 3.32. The summed E-state index contributed by atoms with van der Waals surface area (Å²) >= 11 is 6.33. The Morgan fingerprint density at radius 3 is 2.24 bits per heavy atom. The lowest BCUT2D eigenvalue weighted by atomic mass is 10.1. The summed E-state index contributed by atoms with van der Waals surface area (Å²) in [6, 6.07) is 11.7. The number of hydrogen-bond acceptors (Lipinski definition) is 4. The van der Waals surface area contributed by atoms with Crippen LogP contribution in [0.5, 0.6) is 0 Å². The molecule has 9 heteroatoms. The topological polar surface area (TPSA) is 86.8 Å². The molecule has 186 valence electrons. The lowest BCUT2D eigenvalue weighted by Crippen LogP contribution is -2.51. The maximum Gasteiger partial charge on any atom is 0.244 e. The van der Waals surface area contributed by atoms with Gasteiger partial charge >= 0.3 is 0 Å². The summed E-state index contributed by atoms with van der Waals surface area (Å²) < 4.78 is 26.6. The maximum atomic E-state index is 13.6. The van der Waals surface area contributed by atoms with Gasteiger partial charge in [-0.2, -0.15) is 0 Å². The summed E-state index contributed by atoms with van der Waals surface area (Å²) in [5.74, 6) is -0.794. The zero-order valence-electron chi connectivity index (χ0n) is 20.5. The number of nitrogens with one attached hydrogen (secondary N) is 1. The van der Waals surface area contributed by atoms with Gasteiger partial charge in [0.1, 0.15) is 12.6 Å². The van der Waals surface area contributed by atoms with Crippen LogP contribution >= 0.6 is 11.6 Å². The number of para-hydroxylation sites is 1. The Bertz CT molecular complexity index is 1100. The smallest absolute Gasteiger partial charge is 0.244 e. The summed E-state index contributed by atoms with van der Waals surface area (Å²) in [7, 11) is -3.78. The fourth-order valence-corrected chi connectivity index (χ4v) is 4.86. The molecule has 0 heterocycles. The fourth-order valence-electron chi connectivity index (χ4n) is 3.70. The van der Waals surface area contributed by atoms with Crippen molar-refractivity contribution in [2.45, 2.75) is 53.1 Å². The van der Waals surface area contributed by atoms with Gasteiger partial charge in [0.05, 0.1) is 11.9 Å². The monoisotopic (exact) mass is 507 g/mol. The lowest BCUT2D eigenvalue weighted by Gasteiger charge is -2.32. The largest absolute Gasteiger partial charge is 0.354 e. The first kappa shape index (κ1) is 27.7. The highest BCUT2D eigenvalue weighted by Gasteiger charge is 2.31. The number of benzene rings is 2. The first-order valence-electron chi connectivity index (χ1n) is 11.3. The number of amides is 2. The number of sulfonamides is 1. The van der Waals surface area contributed by atoms with E-state index in [0.29, 0.717) is 22.8 Å². The number of carbonyl (C=O) groups is 2. The lowest BCUT2D eigenvalue weighted by molar-refractivity contribution is -0.139. The number of carbonyl (C=O) groups excluding carboxylic acids is 2. The van der Waals surface area contributed by atoms with Crippen molar-refractivity contribution in [1.29, 1.82) is 0 Å². The first-order valence-corrected chi connectivity index (χ1v) is 13.5. The molecule has 0 aliphatic carbocycles. The zero-order chi connectivity index (χ0) is 25.5. The summed E-state index contributed by atoms with van der Waals surface area (Å²) in [5.41, 5.74) is 2.61. The minimum absolute atomic E-state index is 0.0746. The number of halogens is 1. The maximum absolute atomic E-state index is 13.6. The molecule has 2 amide bonds. The van der Waals surface area contributed by atoms with Crippen LogP contribution in [0.1, 0.15) is 43.4 Å². The number of aryl methyl sites for hydroxylation is 2. The van der Waals surface area contributed by atoms with Gasteiger partial charge in [0.15, 0.2) is 0 Å². The second-order valence-electron chi connectivity index (χ2n) is 8.44. The van der Waals surface area contributed by atoms with Crippen molar-refractivity contribution in [3.05, 3.63) is 64.2 Å². The van der Waals surface area contributed by atoms with E-state index in [1.54, 1.807) is 57.2 Å². The predicted molar refractivity (Wildman–Crippen MR) is 137 cm³/mol. The van der Waals surface area contributed by atoms with Crippen molar-refractivity contribution in [3.8, 4) is 0 Å². The van der Waals surface area contributed by atoms with Gasteiger partial charge in [0, 0.05) is 18.1 Å². The van der Waals surface area contributed by atoms with Crippen molar-refractivity contribution in [2.24, 2.45) is 0 Å². The summed E-state index contributed by atoms with van der Waals surface area (Å²) in [6.45, 7) is 7.42. The van der Waals surface area contributed by atoms with Crippen LogP contribution in [0.25, 0.3) is 0 Å². The highest BCUT2D eigenvalue weighted by Crippen LogP contribution is 2.27. The Hall–Kier alpha value is -2.58. The van der Waals surface area contributed by atoms with E-state index in [1.165, 1.54) is 4.90 Å². The fraction of sp³-hybridized carbons (Fsp3) is 0.440. The molecular weight excluding hydrogens is 474 g/mol. The third-order valence-electron chi connectivity index (χ3n) is 5.66. The molecule has 0 aliphatic heterocycles. The molecule has 34 heavy (non-hydrogen) atoms. The molecule has 0 aromatic heterocycles. The van der Waals surface area contributed by atoms with E-state index in [-0.39, 0.29) is 12.5 Å². The number of nitrogens with zero attached hydrogens (tertiary/aromatic N) is 2. The molecule has 0 spiro atoms. The average molecular weight is 508 g/mol. The quantitative estimate of drug-likeness (QED) is 0.465. The SMILES string of the molecule is CCCCNC(=O)[C@H](C)N(Cc1ccccc1Cl)C(=O)CN(c1c(C)cccc1C)S(C)(=O)=O. The van der Waals surface area contributed by atoms with Crippen LogP contribution in [0.15, 0.2) is 42.5 Å². The minimum Gasteiger partial charge on any atom is -0.354 e. The van der Waals surface area contributed by atoms with Crippen LogP contribution in [0, 0.1) is 13.8 Å². The van der Waals surface area contributed by atoms with E-state index in [2.05, 4.69) is 5.32 Å². The van der Waals surface area contributed by atoms with E-state index in [4.69, 9.17) is 11.6 Å². The zero-order valence-corrected chi connectivity index (χ0v) is 22.0. The van der Waals surface area contributed by atoms with E-state index in [1.807, 2.05) is 13.0 Å². The summed E-state index contributed by atoms with van der Waals surface area (Å²) in [4.78, 5) is 27.8. The molecule has 0 unspecified atom stereocenters. The molecule has 1 N–H and O–H groups in total. The van der Waals surface area contributed by atoms with Gasteiger partial charge < -0.3 is 10.2 Å². The predicted octanol–water partition coefficient (Wildman–Crippen LogP) is 4.06. The Kier molecular flexibility index (Phi) is 9.94. The molecule has 0 saturated heterocycles. The minimum atomic E-state index is -3.78. The van der Waals surface area contributed by atoms with Gasteiger partial charge in [-0.1, -0.05) is 61.3 Å². The van der Waals surface area contributed by atoms with Crippen LogP contribution in [0.2, 0.25) is 5.02 Å². The van der Waals surface area contributed by atoms with Crippen molar-refractivity contribution >= 4 is 39.1 Å². The van der Waals surface area contributed by atoms with Crippen LogP contribution < -0.4 is 9.62 Å². The Labute approximate surface area is 208 Å². The highest BCUT2D eigenvalue weighted by atomic mass is 35.5. The highest BCUT2D eigenvalue weighted by molar-refractivity contribution is 7.92. The number of anilines is 1. The van der Waals surface area contributed by atoms with Gasteiger partial charge in [-0.25, -0.2) is 8.42 Å². The van der Waals surface area contributed by atoms with Crippen molar-refractivity contribution in [3.63, 3.8) is 0 Å². The first-order chi connectivity index (χ1) is 16.0. The van der Waals surface area contributed by atoms with E-state index < -0.39 is 28.5 Å². The molecule has 7 nitrogen and oxygen atoms in total. The van der Waals surface area contributed by atoms with Crippen LogP contribution in [0.4, 0.5) is 5.69 Å². The third kappa shape index (κ3) is 7.21. The molecule has 0 bridgehead atoms. The van der Waals surface area contributed by atoms with Crippen LogP contribution in [0.3, 0.4) is 0 Å². The summed E-state index contributed by atoms with van der Waals surface area (Å²) in [6.07, 6.45) is 2.83. The van der Waals surface area contributed by atoms with Crippen molar-refractivity contribution < 1.29 is 18.0 Å². The van der Waals surface area contributed by atoms with Gasteiger partial charge in [0.2, 0.25) is 21.8 Å². The molecule has 1 atom stereocenters. The van der Waals surface area contributed by atoms with Gasteiger partial charge in [0.25, 0.3) is 0 Å². The normalized spacial score (nSPS) is 12.2. The Morgan fingerprint density at radius 1 is 1.06 bits per heavy atom. The van der Waals surface area contributed by atoms with Crippen LogP contribution in [-0.2, 0) is 26.2 Å². The molecule has 2 rings (SSSR count). The van der Waals surface area contributed by atoms with Crippen LogP contribution in [-0.4, -0.2) is 50.5 Å². The molecule has 0 fully saturated rings. The van der Waals surface area contributed by atoms with E-state index >= 15 is 0 Å². The number of rotatable bonds is 11. The number of hydrogen-bond donors (Lipinski definition) is 1. The van der Waals surface area contributed by atoms with Crippen molar-refractivity contribution in [1.82, 2.24) is 10.2 Å². The molecular formula is C25H34ClN3O4S. The molecule has 0 aliphatic rings. The Morgan fingerprint density at radius 2 is 1.68 bits per heavy atom.